The zero-order valence-corrected chi connectivity index (χ0v) is 18.8. The summed E-state index contributed by atoms with van der Waals surface area (Å²) in [6.07, 6.45) is -0.803. The van der Waals surface area contributed by atoms with E-state index in [1.54, 1.807) is 25.1 Å². The molecule has 1 unspecified atom stereocenters. The molecule has 34 heavy (non-hydrogen) atoms. The molecule has 2 amide bonds. The van der Waals surface area contributed by atoms with Gasteiger partial charge in [0.2, 0.25) is 11.8 Å². The van der Waals surface area contributed by atoms with Crippen LogP contribution >= 0.6 is 0 Å². The molecule has 2 fully saturated rings. The first-order valence-corrected chi connectivity index (χ1v) is 11.0. The van der Waals surface area contributed by atoms with Crippen molar-refractivity contribution in [2.24, 2.45) is 0 Å². The fraction of sp³-hybridized carbons (Fsp3) is 0.545. The van der Waals surface area contributed by atoms with Crippen LogP contribution in [0.15, 0.2) is 18.2 Å². The second-order valence-corrected chi connectivity index (χ2v) is 9.08. The Bertz CT molecular complexity index is 1080. The van der Waals surface area contributed by atoms with Gasteiger partial charge in [-0.05, 0) is 25.0 Å². The fourth-order valence-corrected chi connectivity index (χ4v) is 4.28. The van der Waals surface area contributed by atoms with Crippen LogP contribution in [0.5, 0.6) is 0 Å². The fourth-order valence-electron chi connectivity index (χ4n) is 4.28. The van der Waals surface area contributed by atoms with Gasteiger partial charge in [-0.15, -0.1) is 0 Å². The Kier molecular flexibility index (Phi) is 6.26. The van der Waals surface area contributed by atoms with E-state index in [-0.39, 0.29) is 55.6 Å². The van der Waals surface area contributed by atoms with Gasteiger partial charge in [-0.1, -0.05) is 6.07 Å². The van der Waals surface area contributed by atoms with Crippen LogP contribution in [-0.4, -0.2) is 62.9 Å². The van der Waals surface area contributed by atoms with Crippen molar-refractivity contribution in [1.82, 2.24) is 25.4 Å². The van der Waals surface area contributed by atoms with E-state index >= 15 is 0 Å². The van der Waals surface area contributed by atoms with Crippen molar-refractivity contribution in [3.63, 3.8) is 0 Å². The van der Waals surface area contributed by atoms with E-state index in [2.05, 4.69) is 25.8 Å². The van der Waals surface area contributed by atoms with Crippen LogP contribution in [0.3, 0.4) is 0 Å². The number of anilines is 2. The van der Waals surface area contributed by atoms with E-state index in [1.807, 2.05) is 0 Å². The first-order valence-electron chi connectivity index (χ1n) is 11.0. The van der Waals surface area contributed by atoms with Crippen molar-refractivity contribution in [1.29, 1.82) is 0 Å². The molecule has 0 radical (unpaired) electrons. The van der Waals surface area contributed by atoms with Gasteiger partial charge in [0.05, 0.1) is 6.54 Å². The first kappa shape index (κ1) is 24.0. The van der Waals surface area contributed by atoms with Crippen molar-refractivity contribution >= 4 is 23.5 Å². The van der Waals surface area contributed by atoms with Crippen LogP contribution in [0.1, 0.15) is 60.3 Å². The summed E-state index contributed by atoms with van der Waals surface area (Å²) in [4.78, 5) is 30.0. The average molecular weight is 482 g/mol. The summed E-state index contributed by atoms with van der Waals surface area (Å²) in [5, 5.41) is 12.3. The Hall–Kier alpha value is -3.18. The molecule has 3 heterocycles. The number of amides is 2. The number of nitrogens with one attached hydrogen (secondary N) is 3. The third-order valence-electron chi connectivity index (χ3n) is 6.22. The summed E-state index contributed by atoms with van der Waals surface area (Å²) in [6.45, 7) is 2.29. The number of hydrogen-bond donors (Lipinski definition) is 3. The van der Waals surface area contributed by atoms with Crippen LogP contribution in [0.2, 0.25) is 0 Å². The smallest absolute Gasteiger partial charge is 0.273 e. The number of likely N-dealkylation sites (tertiary alicyclic amines) is 1. The molecule has 1 saturated heterocycles. The van der Waals surface area contributed by atoms with Crippen molar-refractivity contribution in [2.75, 3.05) is 18.4 Å². The van der Waals surface area contributed by atoms with Gasteiger partial charge in [-0.25, -0.2) is 22.5 Å². The van der Waals surface area contributed by atoms with Crippen LogP contribution < -0.4 is 10.6 Å². The van der Waals surface area contributed by atoms with Gasteiger partial charge in [-0.3, -0.25) is 14.7 Å². The van der Waals surface area contributed by atoms with Gasteiger partial charge in [0, 0.05) is 56.5 Å². The number of pyridine rings is 1. The van der Waals surface area contributed by atoms with Gasteiger partial charge < -0.3 is 15.5 Å². The monoisotopic (exact) mass is 482 g/mol. The van der Waals surface area contributed by atoms with E-state index in [0.717, 1.165) is 4.90 Å². The summed E-state index contributed by atoms with van der Waals surface area (Å²) in [6, 6.07) is 4.27. The van der Waals surface area contributed by atoms with Gasteiger partial charge in [-0.2, -0.15) is 5.10 Å². The minimum atomic E-state index is -3.03. The summed E-state index contributed by atoms with van der Waals surface area (Å²) in [5.41, 5.74) is 1.08. The lowest BCUT2D eigenvalue weighted by Crippen LogP contribution is -2.55. The molecular weight excluding hydrogens is 456 g/mol. The second kappa shape index (κ2) is 8.88. The molecule has 184 valence electrons. The van der Waals surface area contributed by atoms with E-state index in [1.165, 1.54) is 6.92 Å². The molecule has 1 saturated carbocycles. The number of hydrogen-bond acceptors (Lipinski definition) is 5. The van der Waals surface area contributed by atoms with Crippen LogP contribution in [0, 0.1) is 6.92 Å². The van der Waals surface area contributed by atoms with Crippen molar-refractivity contribution in [3.05, 3.63) is 35.2 Å². The number of aromatic amines is 1. The van der Waals surface area contributed by atoms with E-state index in [0.29, 0.717) is 17.1 Å². The largest absolute Gasteiger partial charge is 0.354 e. The number of carbonyl (C=O) groups is 2. The van der Waals surface area contributed by atoms with E-state index in [4.69, 9.17) is 0 Å². The summed E-state index contributed by atoms with van der Waals surface area (Å²) in [5.74, 6) is -6.36. The SMILES string of the molecule is CC(=O)NCC1CCC(F)(F)CN1C(=O)c1nc(Nc2cc(C3CC(F)(F)C3)[nH]n2)ccc1C. The Balaban J connectivity index is 1.51. The highest BCUT2D eigenvalue weighted by Gasteiger charge is 2.46. The molecule has 12 heteroatoms. The lowest BCUT2D eigenvalue weighted by Gasteiger charge is -2.39. The number of aromatic nitrogens is 3. The number of alkyl halides is 4. The number of halogens is 4. The number of piperidine rings is 1. The average Bonchev–Trinajstić information content (AvgIpc) is 3.19. The van der Waals surface area contributed by atoms with Gasteiger partial charge >= 0.3 is 0 Å². The van der Waals surface area contributed by atoms with E-state index in [9.17, 15) is 27.2 Å². The van der Waals surface area contributed by atoms with Crippen LogP contribution in [0.4, 0.5) is 29.2 Å². The maximum atomic E-state index is 14.1. The van der Waals surface area contributed by atoms with Crippen LogP contribution in [-0.2, 0) is 4.79 Å². The number of carbonyl (C=O) groups excluding carboxylic acids is 2. The maximum Gasteiger partial charge on any atom is 0.273 e. The summed E-state index contributed by atoms with van der Waals surface area (Å²) in [7, 11) is 0. The van der Waals surface area contributed by atoms with Gasteiger partial charge in [0.15, 0.2) is 5.82 Å². The third kappa shape index (κ3) is 5.31. The molecule has 4 rings (SSSR count). The standard InChI is InChI=1S/C22H26F4N6O2/c1-12-3-4-17(28-18-7-16(30-31-18)14-8-22(25,26)9-14)29-19(12)20(34)32-11-21(23,24)6-5-15(32)10-27-13(2)33/h3-4,7,14-15H,5-6,8-11H2,1-2H3,(H,27,33)(H2,28,29,30,31). The zero-order valence-electron chi connectivity index (χ0n) is 18.8. The van der Waals surface area contributed by atoms with Gasteiger partial charge in [0.1, 0.15) is 11.5 Å². The molecule has 3 N–H and O–H groups in total. The van der Waals surface area contributed by atoms with Crippen molar-refractivity contribution in [2.45, 2.75) is 63.3 Å². The second-order valence-electron chi connectivity index (χ2n) is 9.08. The topological polar surface area (TPSA) is 103 Å². The quantitative estimate of drug-likeness (QED) is 0.545. The number of rotatable bonds is 6. The highest BCUT2D eigenvalue weighted by molar-refractivity contribution is 5.94. The Labute approximate surface area is 193 Å². The molecule has 0 spiro atoms. The normalized spacial score (nSPS) is 21.6. The molecule has 1 aliphatic heterocycles. The lowest BCUT2D eigenvalue weighted by atomic mass is 9.79. The first-order chi connectivity index (χ1) is 15.9. The third-order valence-corrected chi connectivity index (χ3v) is 6.22. The molecule has 0 bridgehead atoms. The highest BCUT2D eigenvalue weighted by Crippen LogP contribution is 2.48. The predicted octanol–water partition coefficient (Wildman–Crippen LogP) is 3.75. The molecule has 0 aromatic carbocycles. The predicted molar refractivity (Wildman–Crippen MR) is 115 cm³/mol. The lowest BCUT2D eigenvalue weighted by molar-refractivity contribution is -0.119. The molecule has 1 aliphatic carbocycles. The van der Waals surface area contributed by atoms with Crippen molar-refractivity contribution in [3.8, 4) is 0 Å². The summed E-state index contributed by atoms with van der Waals surface area (Å²) < 4.78 is 54.6. The number of aryl methyl sites for hydroxylation is 1. The minimum absolute atomic E-state index is 0.00455. The van der Waals surface area contributed by atoms with Crippen LogP contribution in [0.25, 0.3) is 0 Å². The number of nitrogens with zero attached hydrogens (tertiary/aromatic N) is 3. The Morgan fingerprint density at radius 2 is 1.91 bits per heavy atom. The van der Waals surface area contributed by atoms with Crippen molar-refractivity contribution < 1.29 is 27.2 Å². The Morgan fingerprint density at radius 1 is 1.18 bits per heavy atom. The number of H-pyrrole nitrogens is 1. The highest BCUT2D eigenvalue weighted by atomic mass is 19.3. The molecule has 8 nitrogen and oxygen atoms in total. The molecule has 2 aromatic heterocycles. The maximum absolute atomic E-state index is 14.1. The molecule has 1 atom stereocenters. The molecule has 2 aromatic rings. The van der Waals surface area contributed by atoms with Gasteiger partial charge in [0.25, 0.3) is 11.8 Å². The summed E-state index contributed by atoms with van der Waals surface area (Å²) >= 11 is 0. The Morgan fingerprint density at radius 3 is 2.59 bits per heavy atom. The zero-order chi connectivity index (χ0) is 24.7. The van der Waals surface area contributed by atoms with E-state index < -0.39 is 30.3 Å². The minimum Gasteiger partial charge on any atom is -0.354 e. The molecule has 2 aliphatic rings. The molecular formula is C22H26F4N6O2.